The maximum atomic E-state index is 15.6. The summed E-state index contributed by atoms with van der Waals surface area (Å²) < 4.78 is 29.3. The molecule has 4 aromatic rings. The van der Waals surface area contributed by atoms with E-state index in [1.165, 1.54) is 6.20 Å². The topological polar surface area (TPSA) is 116 Å². The fourth-order valence-corrected chi connectivity index (χ4v) is 5.79. The standard InChI is InChI=1S/C30H28FN3O5/c31-23-24(32)22-26-28(39-17-30(12-4-5-13-30)34(26)16-21(27(22)35)29(36)37)25(23)33-14-15-38-20-10-8-19(9-11-20)18-6-2-1-3-7-18/h1-3,6-11,16,33H,4-5,12-15,17,32H2,(H,36,37). The molecule has 3 aromatic carbocycles. The van der Waals surface area contributed by atoms with Gasteiger partial charge >= 0.3 is 5.97 Å². The fraction of sp³-hybridized carbons (Fsp3) is 0.267. The molecule has 6 rings (SSSR count). The van der Waals surface area contributed by atoms with Crippen LogP contribution in [-0.2, 0) is 5.54 Å². The molecule has 0 unspecified atom stereocenters. The Bertz CT molecular complexity index is 1630. The Labute approximate surface area is 223 Å². The zero-order valence-corrected chi connectivity index (χ0v) is 21.2. The number of carbonyl (C=O) groups is 1. The molecule has 1 saturated carbocycles. The van der Waals surface area contributed by atoms with Crippen molar-refractivity contribution in [1.29, 1.82) is 0 Å². The third kappa shape index (κ3) is 4.14. The van der Waals surface area contributed by atoms with E-state index in [1.54, 1.807) is 4.57 Å². The predicted octanol–water partition coefficient (Wildman–Crippen LogP) is 5.24. The van der Waals surface area contributed by atoms with Crippen LogP contribution in [0.5, 0.6) is 11.5 Å². The maximum absolute atomic E-state index is 15.6. The summed E-state index contributed by atoms with van der Waals surface area (Å²) in [6.07, 6.45) is 4.79. The van der Waals surface area contributed by atoms with Gasteiger partial charge in [0.25, 0.3) is 0 Å². The summed E-state index contributed by atoms with van der Waals surface area (Å²) in [6.45, 7) is 0.719. The number of anilines is 2. The van der Waals surface area contributed by atoms with Gasteiger partial charge in [-0.25, -0.2) is 9.18 Å². The predicted molar refractivity (Wildman–Crippen MR) is 147 cm³/mol. The molecule has 4 N–H and O–H groups in total. The Morgan fingerprint density at radius 1 is 1.10 bits per heavy atom. The molecule has 8 nitrogen and oxygen atoms in total. The van der Waals surface area contributed by atoms with Gasteiger partial charge in [0.1, 0.15) is 30.2 Å². The lowest BCUT2D eigenvalue weighted by Gasteiger charge is -2.39. The molecule has 2 heterocycles. The second-order valence-corrected chi connectivity index (χ2v) is 10.1. The lowest BCUT2D eigenvalue weighted by Crippen LogP contribution is -2.42. The molecule has 1 spiro atoms. The van der Waals surface area contributed by atoms with Crippen molar-refractivity contribution in [3.05, 3.63) is 82.4 Å². The number of ether oxygens (including phenoxy) is 2. The summed E-state index contributed by atoms with van der Waals surface area (Å²) in [6, 6.07) is 17.7. The molecular weight excluding hydrogens is 501 g/mol. The number of halogens is 1. The highest BCUT2D eigenvalue weighted by Crippen LogP contribution is 2.48. The van der Waals surface area contributed by atoms with Crippen molar-refractivity contribution in [3.63, 3.8) is 0 Å². The van der Waals surface area contributed by atoms with Crippen molar-refractivity contribution in [2.24, 2.45) is 0 Å². The molecule has 1 fully saturated rings. The van der Waals surface area contributed by atoms with E-state index in [4.69, 9.17) is 15.2 Å². The summed E-state index contributed by atoms with van der Waals surface area (Å²) in [4.78, 5) is 25.0. The van der Waals surface area contributed by atoms with Crippen molar-refractivity contribution in [3.8, 4) is 22.6 Å². The number of aromatic carboxylic acids is 1. The van der Waals surface area contributed by atoms with Gasteiger partial charge in [0.15, 0.2) is 11.6 Å². The zero-order chi connectivity index (χ0) is 27.1. The number of nitrogens with zero attached hydrogens (tertiary/aromatic N) is 1. The number of carboxylic acids is 1. The van der Waals surface area contributed by atoms with E-state index < -0.39 is 34.0 Å². The summed E-state index contributed by atoms with van der Waals surface area (Å²) in [5.41, 5.74) is 6.54. The summed E-state index contributed by atoms with van der Waals surface area (Å²) in [7, 11) is 0. The van der Waals surface area contributed by atoms with Gasteiger partial charge in [-0.1, -0.05) is 55.3 Å². The van der Waals surface area contributed by atoms with Crippen molar-refractivity contribution < 1.29 is 23.8 Å². The van der Waals surface area contributed by atoms with Crippen molar-refractivity contribution >= 4 is 28.2 Å². The van der Waals surface area contributed by atoms with Gasteiger partial charge in [-0.3, -0.25) is 4.79 Å². The Kier molecular flexibility index (Phi) is 6.13. The zero-order valence-electron chi connectivity index (χ0n) is 21.2. The summed E-state index contributed by atoms with van der Waals surface area (Å²) in [5, 5.41) is 12.6. The lowest BCUT2D eigenvalue weighted by molar-refractivity contribution is 0.0692. The number of aromatic nitrogens is 1. The number of benzene rings is 3. The number of hydrogen-bond donors (Lipinski definition) is 3. The molecule has 0 atom stereocenters. The minimum absolute atomic E-state index is 0.0343. The molecule has 0 radical (unpaired) electrons. The quantitative estimate of drug-likeness (QED) is 0.221. The van der Waals surface area contributed by atoms with Gasteiger partial charge in [0, 0.05) is 12.7 Å². The molecule has 1 aliphatic heterocycles. The van der Waals surface area contributed by atoms with Gasteiger partial charge in [-0.05, 0) is 36.1 Å². The molecule has 1 aromatic heterocycles. The lowest BCUT2D eigenvalue weighted by atomic mass is 9.93. The van der Waals surface area contributed by atoms with E-state index in [0.29, 0.717) is 11.3 Å². The molecule has 1 aliphatic carbocycles. The number of fused-ring (bicyclic) bond motifs is 1. The summed E-state index contributed by atoms with van der Waals surface area (Å²) in [5.74, 6) is -1.39. The van der Waals surface area contributed by atoms with Gasteiger partial charge in [0.2, 0.25) is 5.43 Å². The van der Waals surface area contributed by atoms with Crippen LogP contribution in [0.15, 0.2) is 65.6 Å². The van der Waals surface area contributed by atoms with E-state index in [0.717, 1.165) is 36.8 Å². The average Bonchev–Trinajstić information content (AvgIpc) is 3.42. The van der Waals surface area contributed by atoms with Gasteiger partial charge in [-0.15, -0.1) is 0 Å². The number of nitrogens with one attached hydrogen (secondary N) is 1. The number of pyridine rings is 1. The molecule has 9 heteroatoms. The molecule has 2 aliphatic rings. The van der Waals surface area contributed by atoms with Gasteiger partial charge in [0.05, 0.1) is 22.1 Å². The van der Waals surface area contributed by atoms with Crippen LogP contribution < -0.4 is 26.0 Å². The smallest absolute Gasteiger partial charge is 0.341 e. The first-order chi connectivity index (χ1) is 18.9. The van der Waals surface area contributed by atoms with E-state index in [2.05, 4.69) is 5.32 Å². The average molecular weight is 530 g/mol. The third-order valence-electron chi connectivity index (χ3n) is 7.77. The van der Waals surface area contributed by atoms with E-state index in [9.17, 15) is 14.7 Å². The molecule has 0 amide bonds. The van der Waals surface area contributed by atoms with Crippen molar-refractivity contribution in [2.75, 3.05) is 30.8 Å². The van der Waals surface area contributed by atoms with Gasteiger partial charge in [-0.2, -0.15) is 0 Å². The van der Waals surface area contributed by atoms with E-state index in [1.807, 2.05) is 54.6 Å². The van der Waals surface area contributed by atoms with Crippen LogP contribution in [0.25, 0.3) is 22.0 Å². The molecular formula is C30H28FN3O5. The number of rotatable bonds is 7. The van der Waals surface area contributed by atoms with Crippen LogP contribution in [0.3, 0.4) is 0 Å². The van der Waals surface area contributed by atoms with Crippen LogP contribution in [0, 0.1) is 5.82 Å². The molecule has 0 saturated heterocycles. The second kappa shape index (κ2) is 9.65. The minimum Gasteiger partial charge on any atom is -0.492 e. The largest absolute Gasteiger partial charge is 0.492 e. The van der Waals surface area contributed by atoms with E-state index >= 15 is 4.39 Å². The van der Waals surface area contributed by atoms with Crippen LogP contribution in [0.1, 0.15) is 36.0 Å². The van der Waals surface area contributed by atoms with Crippen LogP contribution in [0.4, 0.5) is 15.8 Å². The van der Waals surface area contributed by atoms with Crippen LogP contribution >= 0.6 is 0 Å². The van der Waals surface area contributed by atoms with Crippen molar-refractivity contribution in [2.45, 2.75) is 31.2 Å². The highest BCUT2D eigenvalue weighted by molar-refractivity contribution is 6.03. The Morgan fingerprint density at radius 2 is 1.79 bits per heavy atom. The van der Waals surface area contributed by atoms with Crippen molar-refractivity contribution in [1.82, 2.24) is 4.57 Å². The van der Waals surface area contributed by atoms with Gasteiger partial charge < -0.3 is 30.2 Å². The third-order valence-corrected chi connectivity index (χ3v) is 7.77. The van der Waals surface area contributed by atoms with E-state index in [-0.39, 0.29) is 36.6 Å². The normalized spacial score (nSPS) is 15.3. The van der Waals surface area contributed by atoms with Crippen LogP contribution in [-0.4, -0.2) is 35.4 Å². The molecule has 200 valence electrons. The highest BCUT2D eigenvalue weighted by Gasteiger charge is 2.43. The molecule has 39 heavy (non-hydrogen) atoms. The monoisotopic (exact) mass is 529 g/mol. The Hall–Kier alpha value is -4.53. The SMILES string of the molecule is Nc1c(F)c(NCCOc2ccc(-c3ccccc3)cc2)c2c3c1c(=O)c(C(=O)O)cn3C1(CCCC1)CO2. The second-order valence-electron chi connectivity index (χ2n) is 10.1. The minimum atomic E-state index is -1.37. The maximum Gasteiger partial charge on any atom is 0.341 e. The Balaban J connectivity index is 1.28. The first kappa shape index (κ1) is 24.8. The highest BCUT2D eigenvalue weighted by atomic mass is 19.1. The number of nitrogen functional groups attached to an aromatic ring is 1. The first-order valence-electron chi connectivity index (χ1n) is 13.0. The fourth-order valence-electron chi connectivity index (χ4n) is 5.79. The number of nitrogens with two attached hydrogens (primary N) is 1. The van der Waals surface area contributed by atoms with Crippen LogP contribution in [0.2, 0.25) is 0 Å². The first-order valence-corrected chi connectivity index (χ1v) is 13.0. The Morgan fingerprint density at radius 3 is 2.49 bits per heavy atom. The summed E-state index contributed by atoms with van der Waals surface area (Å²) >= 11 is 0. The number of hydrogen-bond acceptors (Lipinski definition) is 6. The molecule has 0 bridgehead atoms. The number of carboxylic acid groups (broad SMARTS) is 1.